The van der Waals surface area contributed by atoms with Gasteiger partial charge in [-0.25, -0.2) is 4.98 Å². The van der Waals surface area contributed by atoms with Crippen molar-refractivity contribution in [3.8, 4) is 0 Å². The third-order valence-corrected chi connectivity index (χ3v) is 9.51. The van der Waals surface area contributed by atoms with Gasteiger partial charge in [-0.15, -0.1) is 0 Å². The minimum atomic E-state index is -4.59. The smallest absolute Gasteiger partial charge is 0.378 e. The van der Waals surface area contributed by atoms with E-state index in [2.05, 4.69) is 54.5 Å². The van der Waals surface area contributed by atoms with Crippen LogP contribution in [-0.4, -0.2) is 83.3 Å². The maximum absolute atomic E-state index is 13.9. The van der Waals surface area contributed by atoms with Gasteiger partial charge in [0.05, 0.1) is 50.5 Å². The van der Waals surface area contributed by atoms with Crippen LogP contribution in [-0.2, 0) is 15.7 Å². The predicted octanol–water partition coefficient (Wildman–Crippen LogP) is 6.22. The van der Waals surface area contributed by atoms with Crippen LogP contribution in [0, 0.1) is 5.92 Å². The Kier molecular flexibility index (Phi) is 11.1. The number of amides is 1. The molecule has 2 fully saturated rings. The van der Waals surface area contributed by atoms with Crippen molar-refractivity contribution in [1.29, 1.82) is 0 Å². The predicted molar refractivity (Wildman–Crippen MR) is 159 cm³/mol. The van der Waals surface area contributed by atoms with E-state index in [1.165, 1.54) is 25.7 Å². The summed E-state index contributed by atoms with van der Waals surface area (Å²) in [6.07, 6.45) is 8.70. The molecule has 4 heterocycles. The number of fused-ring (bicyclic) bond motifs is 2. The molecule has 5 atom stereocenters. The van der Waals surface area contributed by atoms with Crippen LogP contribution in [0.2, 0.25) is 0 Å². The summed E-state index contributed by atoms with van der Waals surface area (Å²) in [6.45, 7) is 9.43. The number of nitrogens with one attached hydrogen (secondary N) is 2. The van der Waals surface area contributed by atoms with Crippen LogP contribution in [0.25, 0.3) is 0 Å². The molecule has 11 heteroatoms. The molecule has 8 nitrogen and oxygen atoms in total. The Morgan fingerprint density at radius 3 is 2.64 bits per heavy atom. The van der Waals surface area contributed by atoms with Crippen molar-refractivity contribution in [3.05, 3.63) is 23.5 Å². The van der Waals surface area contributed by atoms with Gasteiger partial charge in [0.2, 0.25) is 11.9 Å². The van der Waals surface area contributed by atoms with Gasteiger partial charge in [-0.2, -0.15) is 18.2 Å². The second-order valence-corrected chi connectivity index (χ2v) is 12.4. The Bertz CT molecular complexity index is 1080. The zero-order valence-electron chi connectivity index (χ0n) is 25.8. The fourth-order valence-corrected chi connectivity index (χ4v) is 7.29. The molecule has 3 aliphatic rings. The number of hydrogen-bond donors (Lipinski definition) is 2. The number of rotatable bonds is 15. The van der Waals surface area contributed by atoms with E-state index < -0.39 is 11.7 Å². The third kappa shape index (κ3) is 7.38. The average molecular weight is 596 g/mol. The number of hydrogen-bond acceptors (Lipinski definition) is 6. The van der Waals surface area contributed by atoms with Crippen molar-refractivity contribution in [2.24, 2.45) is 5.92 Å². The second kappa shape index (κ2) is 14.4. The summed E-state index contributed by atoms with van der Waals surface area (Å²) in [5.74, 6) is -0.0633. The van der Waals surface area contributed by atoms with Gasteiger partial charge in [-0.1, -0.05) is 46.1 Å². The van der Waals surface area contributed by atoms with Gasteiger partial charge in [0.25, 0.3) is 0 Å². The largest absolute Gasteiger partial charge is 0.421 e. The molecule has 1 amide bonds. The van der Waals surface area contributed by atoms with E-state index in [0.717, 1.165) is 55.0 Å². The van der Waals surface area contributed by atoms with Gasteiger partial charge < -0.3 is 24.8 Å². The lowest BCUT2D eigenvalue weighted by Crippen LogP contribution is -2.61. The van der Waals surface area contributed by atoms with E-state index >= 15 is 0 Å². The summed E-state index contributed by atoms with van der Waals surface area (Å²) in [5.41, 5.74) is 0.105. The van der Waals surface area contributed by atoms with Crippen molar-refractivity contribution in [2.45, 2.75) is 109 Å². The number of likely N-dealkylation sites (tertiary alicyclic amines) is 1. The summed E-state index contributed by atoms with van der Waals surface area (Å²) in [6, 6.07) is 0.803. The quantitative estimate of drug-likeness (QED) is 0.185. The summed E-state index contributed by atoms with van der Waals surface area (Å²) < 4.78 is 48.1. The van der Waals surface area contributed by atoms with Gasteiger partial charge in [-0.3, -0.25) is 4.79 Å². The van der Waals surface area contributed by atoms with Crippen LogP contribution in [0.1, 0.15) is 90.5 Å². The number of anilines is 2. The molecule has 0 saturated carbocycles. The van der Waals surface area contributed by atoms with Crippen molar-refractivity contribution < 1.29 is 27.2 Å². The van der Waals surface area contributed by atoms with Crippen LogP contribution in [0.5, 0.6) is 0 Å². The molecule has 0 aromatic carbocycles. The van der Waals surface area contributed by atoms with E-state index in [4.69, 9.17) is 4.74 Å². The number of likely N-dealkylation sites (N-methyl/N-ethyl adjacent to an activating group) is 1. The van der Waals surface area contributed by atoms with E-state index in [9.17, 15) is 18.0 Å². The average Bonchev–Trinajstić information content (AvgIpc) is 3.16. The fraction of sp³-hybridized carbons (Fsp3) is 0.774. The van der Waals surface area contributed by atoms with Crippen LogP contribution >= 0.6 is 0 Å². The van der Waals surface area contributed by atoms with Gasteiger partial charge >= 0.3 is 6.18 Å². The zero-order chi connectivity index (χ0) is 30.3. The minimum Gasteiger partial charge on any atom is -0.378 e. The van der Waals surface area contributed by atoms with Crippen LogP contribution in [0.3, 0.4) is 0 Å². The molecule has 1 aromatic heterocycles. The number of alkyl halides is 3. The zero-order valence-corrected chi connectivity index (χ0v) is 25.8. The highest BCUT2D eigenvalue weighted by Crippen LogP contribution is 2.36. The Labute approximate surface area is 249 Å². The Morgan fingerprint density at radius 1 is 1.14 bits per heavy atom. The number of carbonyl (C=O) groups excluding carboxylic acids is 1. The number of quaternary nitrogens is 1. The molecule has 0 aliphatic carbocycles. The summed E-state index contributed by atoms with van der Waals surface area (Å²) in [7, 11) is 2.35. The van der Waals surface area contributed by atoms with Gasteiger partial charge in [0.15, 0.2) is 0 Å². The Morgan fingerprint density at radius 2 is 1.95 bits per heavy atom. The van der Waals surface area contributed by atoms with Crippen molar-refractivity contribution in [3.63, 3.8) is 0 Å². The molecule has 5 unspecified atom stereocenters. The molecule has 42 heavy (non-hydrogen) atoms. The van der Waals surface area contributed by atoms with Gasteiger partial charge in [0, 0.05) is 32.1 Å². The monoisotopic (exact) mass is 595 g/mol. The molecule has 0 radical (unpaired) electrons. The highest BCUT2D eigenvalue weighted by atomic mass is 19.4. The van der Waals surface area contributed by atoms with E-state index in [-0.39, 0.29) is 42.2 Å². The van der Waals surface area contributed by atoms with E-state index in [1.54, 1.807) is 0 Å². The van der Waals surface area contributed by atoms with Crippen LogP contribution in [0.15, 0.2) is 18.0 Å². The van der Waals surface area contributed by atoms with E-state index in [0.29, 0.717) is 32.2 Å². The first kappa shape index (κ1) is 32.5. The molecular weight excluding hydrogens is 545 g/mol. The third-order valence-electron chi connectivity index (χ3n) is 9.51. The van der Waals surface area contributed by atoms with E-state index in [1.807, 2.05) is 4.90 Å². The van der Waals surface area contributed by atoms with Gasteiger partial charge in [-0.05, 0) is 32.1 Å². The molecular formula is C31H50F3N6O2+. The molecule has 0 spiro atoms. The number of halogens is 3. The highest BCUT2D eigenvalue weighted by molar-refractivity contribution is 5.82. The number of unbranched alkanes of at least 4 members (excludes halogenated alkanes) is 2. The number of carbonyl (C=O) groups is 1. The lowest BCUT2D eigenvalue weighted by atomic mass is 9.92. The standard InChI is InChI=1S/C31H50F3N6O2/c1-5-8-9-13-24(12-6-2)40(4)17-10-14-26(27(40)7-3)37-30-36-19-25(31(32,33)34)28(38-30)35-15-11-16-39-23-18-22(29(39)41)20-42-21-23/h14,19,22-24,27H,5-13,15-18,20-21H2,1-4H3,(H2,35,36,37,38)/q+1. The van der Waals surface area contributed by atoms with Crippen molar-refractivity contribution in [2.75, 3.05) is 50.5 Å². The Balaban J connectivity index is 1.45. The van der Waals surface area contributed by atoms with Crippen LogP contribution < -0.4 is 10.6 Å². The molecule has 2 N–H and O–H groups in total. The first-order valence-corrected chi connectivity index (χ1v) is 16.0. The molecule has 236 valence electrons. The first-order chi connectivity index (χ1) is 20.1. The van der Waals surface area contributed by atoms with Gasteiger partial charge in [0.1, 0.15) is 17.4 Å². The highest BCUT2D eigenvalue weighted by Gasteiger charge is 2.44. The summed E-state index contributed by atoms with van der Waals surface area (Å²) in [5, 5.41) is 6.23. The maximum Gasteiger partial charge on any atom is 0.421 e. The molecule has 4 rings (SSSR count). The van der Waals surface area contributed by atoms with Crippen molar-refractivity contribution in [1.82, 2.24) is 14.9 Å². The molecule has 1 aromatic rings. The van der Waals surface area contributed by atoms with Crippen LogP contribution in [0.4, 0.5) is 24.9 Å². The normalized spacial score (nSPS) is 26.7. The topological polar surface area (TPSA) is 79.4 Å². The summed E-state index contributed by atoms with van der Waals surface area (Å²) in [4.78, 5) is 22.8. The second-order valence-electron chi connectivity index (χ2n) is 12.4. The minimum absolute atomic E-state index is 0.0692. The number of nitrogens with zero attached hydrogens (tertiary/aromatic N) is 4. The Hall–Kier alpha value is -2.40. The lowest BCUT2D eigenvalue weighted by Gasteiger charge is -2.50. The SMILES string of the molecule is CCCCCC(CCC)[N+]1(C)CCC=C(Nc2ncc(C(F)(F)F)c(NCCCN3C(=O)C4COCC3C4)n2)C1CC. The summed E-state index contributed by atoms with van der Waals surface area (Å²) >= 11 is 0. The maximum atomic E-state index is 13.9. The first-order valence-electron chi connectivity index (χ1n) is 16.0. The molecule has 3 aliphatic heterocycles. The molecule has 2 saturated heterocycles. The number of ether oxygens (including phenoxy) is 1. The molecule has 2 bridgehead atoms. The lowest BCUT2D eigenvalue weighted by molar-refractivity contribution is -0.953. The number of aromatic nitrogens is 2. The van der Waals surface area contributed by atoms with Crippen molar-refractivity contribution >= 4 is 17.7 Å². The fourth-order valence-electron chi connectivity index (χ4n) is 7.29.